The number of hydrogen-bond acceptors (Lipinski definition) is 3. The Kier molecular flexibility index (Phi) is 4.29. The predicted molar refractivity (Wildman–Crippen MR) is 104 cm³/mol. The van der Waals surface area contributed by atoms with Crippen LogP contribution < -0.4 is 4.74 Å². The van der Waals surface area contributed by atoms with Crippen LogP contribution in [-0.2, 0) is 6.42 Å². The number of nitrogens with zero attached hydrogens (tertiary/aromatic N) is 1. The lowest BCUT2D eigenvalue weighted by Gasteiger charge is -2.33. The fourth-order valence-electron chi connectivity index (χ4n) is 4.11. The van der Waals surface area contributed by atoms with Crippen molar-refractivity contribution in [3.8, 4) is 5.75 Å². The molecule has 2 aromatic carbocycles. The topological polar surface area (TPSA) is 45.3 Å². The number of benzene rings is 2. The average molecular weight is 348 g/mol. The number of nitrogens with one attached hydrogen (secondary N) is 1. The summed E-state index contributed by atoms with van der Waals surface area (Å²) in [7, 11) is 5.80. The molecule has 0 saturated heterocycles. The summed E-state index contributed by atoms with van der Waals surface area (Å²) < 4.78 is 5.44. The Morgan fingerprint density at radius 1 is 1.12 bits per heavy atom. The van der Waals surface area contributed by atoms with Gasteiger partial charge in [-0.2, -0.15) is 0 Å². The maximum atomic E-state index is 13.5. The third kappa shape index (κ3) is 2.71. The second-order valence-corrected chi connectivity index (χ2v) is 7.24. The van der Waals surface area contributed by atoms with Crippen molar-refractivity contribution in [1.29, 1.82) is 0 Å². The second kappa shape index (κ2) is 6.61. The van der Waals surface area contributed by atoms with Gasteiger partial charge in [-0.05, 0) is 50.7 Å². The van der Waals surface area contributed by atoms with E-state index in [1.807, 2.05) is 30.3 Å². The molecular formula is C22H24N2O2. The lowest BCUT2D eigenvalue weighted by Crippen LogP contribution is -2.37. The van der Waals surface area contributed by atoms with E-state index < -0.39 is 0 Å². The number of carbonyl (C=O) groups is 1. The number of aromatic nitrogens is 1. The fourth-order valence-corrected chi connectivity index (χ4v) is 4.11. The molecule has 0 bridgehead atoms. The van der Waals surface area contributed by atoms with Gasteiger partial charge in [-0.15, -0.1) is 0 Å². The molecular weight excluding hydrogens is 324 g/mol. The Morgan fingerprint density at radius 3 is 2.62 bits per heavy atom. The van der Waals surface area contributed by atoms with E-state index in [0.29, 0.717) is 17.4 Å². The van der Waals surface area contributed by atoms with Crippen molar-refractivity contribution in [3.63, 3.8) is 0 Å². The van der Waals surface area contributed by atoms with Crippen LogP contribution in [0.4, 0.5) is 0 Å². The molecule has 1 N–H and O–H groups in total. The maximum absolute atomic E-state index is 13.5. The summed E-state index contributed by atoms with van der Waals surface area (Å²) >= 11 is 0. The quantitative estimate of drug-likeness (QED) is 0.724. The largest absolute Gasteiger partial charge is 0.496 e. The van der Waals surface area contributed by atoms with Crippen molar-refractivity contribution in [2.24, 2.45) is 0 Å². The van der Waals surface area contributed by atoms with Crippen LogP contribution >= 0.6 is 0 Å². The van der Waals surface area contributed by atoms with E-state index in [-0.39, 0.29) is 11.7 Å². The zero-order valence-corrected chi connectivity index (χ0v) is 15.5. The SMILES string of the molecule is COc1ccccc1C(=O)C1CC(N(C)C)Cc2c1[nH]c1ccccc21. The molecule has 2 unspecified atom stereocenters. The maximum Gasteiger partial charge on any atom is 0.175 e. The van der Waals surface area contributed by atoms with Gasteiger partial charge in [-0.25, -0.2) is 0 Å². The highest BCUT2D eigenvalue weighted by molar-refractivity contribution is 6.04. The fraction of sp³-hybridized carbons (Fsp3) is 0.318. The molecule has 0 fully saturated rings. The molecule has 1 heterocycles. The van der Waals surface area contributed by atoms with E-state index in [1.54, 1.807) is 7.11 Å². The highest BCUT2D eigenvalue weighted by Crippen LogP contribution is 2.40. The Bertz CT molecular complexity index is 958. The number of fused-ring (bicyclic) bond motifs is 3. The van der Waals surface area contributed by atoms with Gasteiger partial charge < -0.3 is 14.6 Å². The average Bonchev–Trinajstić information content (AvgIpc) is 3.05. The lowest BCUT2D eigenvalue weighted by atomic mass is 9.79. The summed E-state index contributed by atoms with van der Waals surface area (Å²) in [5.74, 6) is 0.582. The number of para-hydroxylation sites is 2. The number of rotatable bonds is 4. The van der Waals surface area contributed by atoms with Gasteiger partial charge in [0.2, 0.25) is 0 Å². The first-order valence-corrected chi connectivity index (χ1v) is 9.03. The molecule has 1 aliphatic rings. The van der Waals surface area contributed by atoms with E-state index in [9.17, 15) is 4.79 Å². The molecule has 0 amide bonds. The zero-order chi connectivity index (χ0) is 18.3. The van der Waals surface area contributed by atoms with Gasteiger partial charge in [0.15, 0.2) is 5.78 Å². The first kappa shape index (κ1) is 16.9. The molecule has 26 heavy (non-hydrogen) atoms. The molecule has 0 spiro atoms. The summed E-state index contributed by atoms with van der Waals surface area (Å²) in [6.45, 7) is 0. The summed E-state index contributed by atoms with van der Waals surface area (Å²) in [6.07, 6.45) is 1.77. The standard InChI is InChI=1S/C22H24N2O2/c1-24(2)14-12-17-15-8-4-6-10-19(15)23-21(17)18(13-14)22(25)16-9-5-7-11-20(16)26-3/h4-11,14,18,23H,12-13H2,1-3H3. The van der Waals surface area contributed by atoms with Crippen LogP contribution in [0, 0.1) is 0 Å². The molecule has 4 heteroatoms. The first-order valence-electron chi connectivity index (χ1n) is 9.03. The van der Waals surface area contributed by atoms with Crippen LogP contribution in [0.2, 0.25) is 0 Å². The van der Waals surface area contributed by atoms with E-state index in [0.717, 1.165) is 24.1 Å². The van der Waals surface area contributed by atoms with E-state index in [2.05, 4.69) is 42.2 Å². The highest BCUT2D eigenvalue weighted by Gasteiger charge is 2.36. The van der Waals surface area contributed by atoms with Crippen molar-refractivity contribution < 1.29 is 9.53 Å². The van der Waals surface area contributed by atoms with Crippen LogP contribution in [0.25, 0.3) is 10.9 Å². The minimum Gasteiger partial charge on any atom is -0.496 e. The molecule has 4 nitrogen and oxygen atoms in total. The van der Waals surface area contributed by atoms with Crippen LogP contribution in [0.3, 0.4) is 0 Å². The second-order valence-electron chi connectivity index (χ2n) is 7.24. The monoisotopic (exact) mass is 348 g/mol. The normalized spacial score (nSPS) is 19.5. The van der Waals surface area contributed by atoms with Crippen LogP contribution in [0.15, 0.2) is 48.5 Å². The molecule has 3 aromatic rings. The molecule has 0 saturated carbocycles. The molecule has 2 atom stereocenters. The van der Waals surface area contributed by atoms with Crippen molar-refractivity contribution in [2.75, 3.05) is 21.2 Å². The van der Waals surface area contributed by atoms with Crippen LogP contribution in [0.5, 0.6) is 5.75 Å². The molecule has 134 valence electrons. The van der Waals surface area contributed by atoms with Crippen LogP contribution in [-0.4, -0.2) is 42.9 Å². The number of likely N-dealkylation sites (N-methyl/N-ethyl adjacent to an activating group) is 1. The van der Waals surface area contributed by atoms with E-state index in [4.69, 9.17) is 4.74 Å². The Balaban J connectivity index is 1.84. The van der Waals surface area contributed by atoms with E-state index in [1.165, 1.54) is 10.9 Å². The first-order chi connectivity index (χ1) is 12.6. The van der Waals surface area contributed by atoms with Gasteiger partial charge >= 0.3 is 0 Å². The number of methoxy groups -OCH3 is 1. The van der Waals surface area contributed by atoms with Crippen molar-refractivity contribution in [2.45, 2.75) is 24.8 Å². The Labute approximate surface area is 153 Å². The lowest BCUT2D eigenvalue weighted by molar-refractivity contribution is 0.0927. The van der Waals surface area contributed by atoms with Gasteiger partial charge in [0.1, 0.15) is 5.75 Å². The smallest absolute Gasteiger partial charge is 0.175 e. The number of hydrogen-bond donors (Lipinski definition) is 1. The predicted octanol–water partition coefficient (Wildman–Crippen LogP) is 4.02. The van der Waals surface area contributed by atoms with Crippen molar-refractivity contribution in [3.05, 3.63) is 65.4 Å². The van der Waals surface area contributed by atoms with Crippen LogP contribution in [0.1, 0.15) is 34.0 Å². The number of H-pyrrole nitrogens is 1. The molecule has 1 aliphatic carbocycles. The third-order valence-electron chi connectivity index (χ3n) is 5.56. The summed E-state index contributed by atoms with van der Waals surface area (Å²) in [6, 6.07) is 16.2. The number of carbonyl (C=O) groups excluding carboxylic acids is 1. The van der Waals surface area contributed by atoms with Gasteiger partial charge in [0.25, 0.3) is 0 Å². The highest BCUT2D eigenvalue weighted by atomic mass is 16.5. The number of ether oxygens (including phenoxy) is 1. The molecule has 0 aliphatic heterocycles. The summed E-state index contributed by atoms with van der Waals surface area (Å²) in [4.78, 5) is 19.2. The minimum atomic E-state index is -0.185. The zero-order valence-electron chi connectivity index (χ0n) is 15.5. The van der Waals surface area contributed by atoms with Gasteiger partial charge in [0, 0.05) is 22.6 Å². The number of ketones is 1. The summed E-state index contributed by atoms with van der Waals surface area (Å²) in [5.41, 5.74) is 4.11. The summed E-state index contributed by atoms with van der Waals surface area (Å²) in [5, 5.41) is 1.23. The molecule has 1 aromatic heterocycles. The molecule has 4 rings (SSSR count). The minimum absolute atomic E-state index is 0.127. The Hall–Kier alpha value is -2.59. The number of aromatic amines is 1. The van der Waals surface area contributed by atoms with Gasteiger partial charge in [-0.3, -0.25) is 4.79 Å². The van der Waals surface area contributed by atoms with Crippen molar-refractivity contribution in [1.82, 2.24) is 9.88 Å². The third-order valence-corrected chi connectivity index (χ3v) is 5.56. The Morgan fingerprint density at radius 2 is 1.85 bits per heavy atom. The van der Waals surface area contributed by atoms with E-state index >= 15 is 0 Å². The molecule has 0 radical (unpaired) electrons. The van der Waals surface area contributed by atoms with Crippen molar-refractivity contribution >= 4 is 16.7 Å². The number of Topliss-reactive ketones (excluding diaryl/α,β-unsaturated/α-hetero) is 1. The van der Waals surface area contributed by atoms with Gasteiger partial charge in [0.05, 0.1) is 18.6 Å². The van der Waals surface area contributed by atoms with Gasteiger partial charge in [-0.1, -0.05) is 30.3 Å².